The van der Waals surface area contributed by atoms with Gasteiger partial charge in [0.1, 0.15) is 0 Å². The average Bonchev–Trinajstić information content (AvgIpc) is 2.89. The normalized spacial score (nSPS) is 32.4. The van der Waals surface area contributed by atoms with Gasteiger partial charge in [-0.25, -0.2) is 12.7 Å². The SMILES string of the molecule is CC1CC(C(=O)O)CN(S(=O)(=O)CCC2CCOC2)C1. The molecule has 0 amide bonds. The van der Waals surface area contributed by atoms with Gasteiger partial charge in [-0.15, -0.1) is 0 Å². The number of hydrogen-bond acceptors (Lipinski definition) is 4. The topological polar surface area (TPSA) is 83.9 Å². The van der Waals surface area contributed by atoms with Crippen molar-refractivity contribution in [3.8, 4) is 0 Å². The molecule has 0 aliphatic carbocycles. The Hall–Kier alpha value is -0.660. The Kier molecular flexibility index (Phi) is 5.04. The Bertz CT molecular complexity index is 444. The van der Waals surface area contributed by atoms with Gasteiger partial charge in [0.05, 0.1) is 11.7 Å². The highest BCUT2D eigenvalue weighted by Crippen LogP contribution is 2.25. The van der Waals surface area contributed by atoms with Gasteiger partial charge in [0.2, 0.25) is 10.0 Å². The van der Waals surface area contributed by atoms with E-state index in [1.807, 2.05) is 6.92 Å². The molecule has 0 aromatic carbocycles. The Morgan fingerprint density at radius 1 is 1.40 bits per heavy atom. The first-order chi connectivity index (χ1) is 9.38. The third kappa shape index (κ3) is 3.93. The lowest BCUT2D eigenvalue weighted by atomic mass is 9.92. The van der Waals surface area contributed by atoms with Crippen LogP contribution in [0, 0.1) is 17.8 Å². The minimum Gasteiger partial charge on any atom is -0.481 e. The lowest BCUT2D eigenvalue weighted by Gasteiger charge is -2.33. The fourth-order valence-corrected chi connectivity index (χ4v) is 4.74. The zero-order valence-corrected chi connectivity index (χ0v) is 12.6. The summed E-state index contributed by atoms with van der Waals surface area (Å²) in [5.41, 5.74) is 0. The molecule has 3 unspecified atom stereocenters. The molecule has 7 heteroatoms. The van der Waals surface area contributed by atoms with Crippen molar-refractivity contribution in [2.24, 2.45) is 17.8 Å². The van der Waals surface area contributed by atoms with Crippen LogP contribution in [0.5, 0.6) is 0 Å². The Morgan fingerprint density at radius 3 is 2.75 bits per heavy atom. The van der Waals surface area contributed by atoms with Gasteiger partial charge in [0.15, 0.2) is 0 Å². The maximum atomic E-state index is 12.3. The Balaban J connectivity index is 1.94. The lowest BCUT2D eigenvalue weighted by Crippen LogP contribution is -2.46. The monoisotopic (exact) mass is 305 g/mol. The quantitative estimate of drug-likeness (QED) is 0.811. The van der Waals surface area contributed by atoms with Crippen LogP contribution in [0.25, 0.3) is 0 Å². The largest absolute Gasteiger partial charge is 0.481 e. The van der Waals surface area contributed by atoms with Gasteiger partial charge in [-0.2, -0.15) is 0 Å². The number of carboxylic acids is 1. The van der Waals surface area contributed by atoms with Crippen molar-refractivity contribution in [2.45, 2.75) is 26.2 Å². The number of aliphatic carboxylic acids is 1. The predicted octanol–water partition coefficient (Wildman–Crippen LogP) is 0.785. The van der Waals surface area contributed by atoms with Crippen LogP contribution >= 0.6 is 0 Å². The second-order valence-electron chi connectivity index (χ2n) is 6.03. The number of carboxylic acid groups (broad SMARTS) is 1. The summed E-state index contributed by atoms with van der Waals surface area (Å²) in [5.74, 6) is -0.971. The molecule has 1 N–H and O–H groups in total. The van der Waals surface area contributed by atoms with Crippen LogP contribution in [0.1, 0.15) is 26.2 Å². The summed E-state index contributed by atoms with van der Waals surface area (Å²) >= 11 is 0. The molecule has 0 aromatic heterocycles. The second kappa shape index (κ2) is 6.41. The maximum absolute atomic E-state index is 12.3. The molecule has 0 saturated carbocycles. The standard InChI is InChI=1S/C13H23NO5S/c1-10-6-12(13(15)16)8-14(7-10)20(17,18)5-3-11-2-4-19-9-11/h10-12H,2-9H2,1H3,(H,15,16). The van der Waals surface area contributed by atoms with Crippen LogP contribution < -0.4 is 0 Å². The Morgan fingerprint density at radius 2 is 2.15 bits per heavy atom. The highest BCUT2D eigenvalue weighted by atomic mass is 32.2. The van der Waals surface area contributed by atoms with Crippen LogP contribution in [0.2, 0.25) is 0 Å². The van der Waals surface area contributed by atoms with E-state index in [4.69, 9.17) is 9.84 Å². The number of rotatable bonds is 5. The number of sulfonamides is 1. The van der Waals surface area contributed by atoms with Crippen molar-refractivity contribution >= 4 is 16.0 Å². The first kappa shape index (κ1) is 15.7. The van der Waals surface area contributed by atoms with E-state index in [2.05, 4.69) is 0 Å². The number of ether oxygens (including phenoxy) is 1. The molecule has 116 valence electrons. The van der Waals surface area contributed by atoms with Gasteiger partial charge in [-0.1, -0.05) is 6.92 Å². The van der Waals surface area contributed by atoms with Crippen molar-refractivity contribution in [3.63, 3.8) is 0 Å². The van der Waals surface area contributed by atoms with Crippen molar-refractivity contribution < 1.29 is 23.1 Å². The second-order valence-corrected chi connectivity index (χ2v) is 8.12. The summed E-state index contributed by atoms with van der Waals surface area (Å²) < 4.78 is 31.3. The molecule has 6 nitrogen and oxygen atoms in total. The molecule has 2 rings (SSSR count). The van der Waals surface area contributed by atoms with Crippen LogP contribution in [0.4, 0.5) is 0 Å². The fourth-order valence-electron chi connectivity index (χ4n) is 2.96. The molecule has 0 radical (unpaired) electrons. The number of nitrogens with zero attached hydrogens (tertiary/aromatic N) is 1. The van der Waals surface area contributed by atoms with Crippen molar-refractivity contribution in [1.29, 1.82) is 0 Å². The zero-order valence-electron chi connectivity index (χ0n) is 11.8. The van der Waals surface area contributed by atoms with E-state index in [0.717, 1.165) is 6.42 Å². The number of piperidine rings is 1. The van der Waals surface area contributed by atoms with Gasteiger partial charge in [-0.3, -0.25) is 4.79 Å². The Labute approximate surface area is 120 Å². The summed E-state index contributed by atoms with van der Waals surface area (Å²) in [7, 11) is -3.36. The van der Waals surface area contributed by atoms with E-state index in [1.165, 1.54) is 4.31 Å². The van der Waals surface area contributed by atoms with Crippen LogP contribution in [-0.2, 0) is 19.6 Å². The van der Waals surface area contributed by atoms with Crippen LogP contribution in [-0.4, -0.2) is 55.9 Å². The number of hydrogen-bond donors (Lipinski definition) is 1. The molecule has 2 saturated heterocycles. The molecule has 2 heterocycles. The van der Waals surface area contributed by atoms with E-state index in [1.54, 1.807) is 0 Å². The third-order valence-corrected chi connectivity index (χ3v) is 6.01. The van der Waals surface area contributed by atoms with Crippen LogP contribution in [0.3, 0.4) is 0 Å². The lowest BCUT2D eigenvalue weighted by molar-refractivity contribution is -0.143. The summed E-state index contributed by atoms with van der Waals surface area (Å²) in [6.45, 7) is 3.81. The highest BCUT2D eigenvalue weighted by molar-refractivity contribution is 7.89. The summed E-state index contributed by atoms with van der Waals surface area (Å²) in [5, 5.41) is 9.10. The molecular weight excluding hydrogens is 282 g/mol. The molecule has 0 spiro atoms. The predicted molar refractivity (Wildman–Crippen MR) is 73.8 cm³/mol. The molecule has 0 bridgehead atoms. The van der Waals surface area contributed by atoms with Crippen molar-refractivity contribution in [1.82, 2.24) is 4.31 Å². The van der Waals surface area contributed by atoms with Crippen molar-refractivity contribution in [3.05, 3.63) is 0 Å². The summed E-state index contributed by atoms with van der Waals surface area (Å²) in [6, 6.07) is 0. The van der Waals surface area contributed by atoms with Gasteiger partial charge in [0.25, 0.3) is 0 Å². The molecular formula is C13H23NO5S. The summed E-state index contributed by atoms with van der Waals surface area (Å²) in [4.78, 5) is 11.1. The fraction of sp³-hybridized carbons (Fsp3) is 0.923. The minimum atomic E-state index is -3.36. The molecule has 2 aliphatic heterocycles. The third-order valence-electron chi connectivity index (χ3n) is 4.18. The van der Waals surface area contributed by atoms with Gasteiger partial charge < -0.3 is 9.84 Å². The summed E-state index contributed by atoms with van der Waals surface area (Å²) in [6.07, 6.45) is 2.08. The van der Waals surface area contributed by atoms with Crippen molar-refractivity contribution in [2.75, 3.05) is 32.1 Å². The molecule has 20 heavy (non-hydrogen) atoms. The highest BCUT2D eigenvalue weighted by Gasteiger charge is 2.35. The van der Waals surface area contributed by atoms with Gasteiger partial charge in [0, 0.05) is 26.3 Å². The van der Waals surface area contributed by atoms with Gasteiger partial charge >= 0.3 is 5.97 Å². The molecule has 2 aliphatic rings. The van der Waals surface area contributed by atoms with E-state index in [0.29, 0.717) is 38.5 Å². The average molecular weight is 305 g/mol. The smallest absolute Gasteiger partial charge is 0.307 e. The van der Waals surface area contributed by atoms with E-state index in [-0.39, 0.29) is 18.2 Å². The molecule has 3 atom stereocenters. The number of carbonyl (C=O) groups is 1. The van der Waals surface area contributed by atoms with E-state index < -0.39 is 21.9 Å². The van der Waals surface area contributed by atoms with E-state index >= 15 is 0 Å². The zero-order chi connectivity index (χ0) is 14.8. The van der Waals surface area contributed by atoms with E-state index in [9.17, 15) is 13.2 Å². The minimum absolute atomic E-state index is 0.0921. The molecule has 0 aromatic rings. The van der Waals surface area contributed by atoms with Crippen LogP contribution in [0.15, 0.2) is 0 Å². The first-order valence-electron chi connectivity index (χ1n) is 7.17. The molecule has 2 fully saturated rings. The first-order valence-corrected chi connectivity index (χ1v) is 8.78. The maximum Gasteiger partial charge on any atom is 0.307 e. The van der Waals surface area contributed by atoms with Gasteiger partial charge in [-0.05, 0) is 31.1 Å².